The quantitative estimate of drug-likeness (QED) is 0.266. The summed E-state index contributed by atoms with van der Waals surface area (Å²) in [6, 6.07) is 10.2. The number of halogens is 1. The van der Waals surface area contributed by atoms with Crippen molar-refractivity contribution in [2.24, 2.45) is 0 Å². The van der Waals surface area contributed by atoms with Crippen LogP contribution < -0.4 is 9.04 Å². The molecule has 1 aromatic heterocycles. The Balaban J connectivity index is 1.93. The number of nitro benzene ring substituents is 1. The summed E-state index contributed by atoms with van der Waals surface area (Å²) in [4.78, 5) is 24.0. The summed E-state index contributed by atoms with van der Waals surface area (Å²) < 4.78 is 40.8. The van der Waals surface area contributed by atoms with Gasteiger partial charge in [0.2, 0.25) is 0 Å². The molecule has 3 aromatic rings. The highest BCUT2D eigenvalue weighted by Gasteiger charge is 2.40. The van der Waals surface area contributed by atoms with Gasteiger partial charge in [-0.1, -0.05) is 0 Å². The van der Waals surface area contributed by atoms with E-state index in [1.165, 1.54) is 31.4 Å². The molecule has 2 heterocycles. The van der Waals surface area contributed by atoms with E-state index in [0.29, 0.717) is 22.2 Å². The molecule has 1 atom stereocenters. The Hall–Kier alpha value is -3.31. The van der Waals surface area contributed by atoms with Gasteiger partial charge in [-0.25, -0.2) is 9.36 Å². The molecule has 12 heteroatoms. The third kappa shape index (κ3) is 4.41. The van der Waals surface area contributed by atoms with E-state index in [4.69, 9.17) is 21.1 Å². The van der Waals surface area contributed by atoms with E-state index in [9.17, 15) is 23.3 Å². The molecule has 0 bridgehead atoms. The fourth-order valence-electron chi connectivity index (χ4n) is 4.06. The molecule has 0 saturated heterocycles. The summed E-state index contributed by atoms with van der Waals surface area (Å²) in [7, 11) is -2.90. The second-order valence-electron chi connectivity index (χ2n) is 9.11. The van der Waals surface area contributed by atoms with Crippen LogP contribution in [0.4, 0.5) is 16.2 Å². The first kappa shape index (κ1) is 24.8. The number of hydrogen-bond donors (Lipinski definition) is 0. The molecule has 0 N–H and O–H groups in total. The van der Waals surface area contributed by atoms with E-state index >= 15 is 0 Å². The number of methoxy groups -OCH3 is 1. The molecule has 0 aliphatic carbocycles. The summed E-state index contributed by atoms with van der Waals surface area (Å²) in [5, 5.41) is 11.5. The molecule has 2 aromatic carbocycles. The zero-order chi connectivity index (χ0) is 25.7. The fourth-order valence-corrected chi connectivity index (χ4v) is 6.02. The second kappa shape index (κ2) is 8.72. The van der Waals surface area contributed by atoms with Crippen LogP contribution in [0, 0.1) is 10.1 Å². The highest BCUT2D eigenvalue weighted by atomic mass is 35.5. The minimum Gasteiger partial charge on any atom is -0.497 e. The van der Waals surface area contributed by atoms with Crippen LogP contribution in [0.15, 0.2) is 47.5 Å². The Morgan fingerprint density at radius 2 is 1.91 bits per heavy atom. The molecule has 1 aliphatic heterocycles. The zero-order valence-corrected chi connectivity index (χ0v) is 21.1. The van der Waals surface area contributed by atoms with E-state index in [2.05, 4.69) is 0 Å². The van der Waals surface area contributed by atoms with E-state index in [1.807, 2.05) is 0 Å². The Kier molecular flexibility index (Phi) is 6.18. The maximum atomic E-state index is 14.0. The van der Waals surface area contributed by atoms with Gasteiger partial charge in [0.25, 0.3) is 15.7 Å². The minimum absolute atomic E-state index is 0.0263. The summed E-state index contributed by atoms with van der Waals surface area (Å²) in [5.41, 5.74) is -0.0899. The van der Waals surface area contributed by atoms with E-state index in [0.717, 1.165) is 8.87 Å². The Bertz CT molecular complexity index is 1440. The molecular weight excluding hydrogens is 498 g/mol. The predicted octanol–water partition coefficient (Wildman–Crippen LogP) is 4.87. The van der Waals surface area contributed by atoms with Crippen molar-refractivity contribution in [2.75, 3.05) is 23.8 Å². The van der Waals surface area contributed by atoms with Gasteiger partial charge in [-0.05, 0) is 56.7 Å². The monoisotopic (exact) mass is 521 g/mol. The Morgan fingerprint density at radius 3 is 2.51 bits per heavy atom. The largest absolute Gasteiger partial charge is 0.497 e. The van der Waals surface area contributed by atoms with E-state index in [-0.39, 0.29) is 34.7 Å². The summed E-state index contributed by atoms with van der Waals surface area (Å²) in [6.07, 6.45) is -0.872. The van der Waals surface area contributed by atoms with Gasteiger partial charge in [0, 0.05) is 35.9 Å². The van der Waals surface area contributed by atoms with E-state index < -0.39 is 26.6 Å². The lowest BCUT2D eigenvalue weighted by Crippen LogP contribution is -2.34. The normalized spacial score (nSPS) is 15.8. The van der Waals surface area contributed by atoms with Gasteiger partial charge in [-0.3, -0.25) is 14.4 Å². The predicted molar refractivity (Wildman–Crippen MR) is 131 cm³/mol. The molecule has 1 unspecified atom stereocenters. The number of aromatic nitrogens is 1. The number of hydrogen-bond acceptors (Lipinski definition) is 7. The lowest BCUT2D eigenvalue weighted by molar-refractivity contribution is -0.384. The lowest BCUT2D eigenvalue weighted by atomic mass is 10.0. The third-order valence-corrected chi connectivity index (χ3v) is 7.74. The number of benzene rings is 2. The van der Waals surface area contributed by atoms with Crippen molar-refractivity contribution < 1.29 is 27.6 Å². The molecule has 0 fully saturated rings. The van der Waals surface area contributed by atoms with Crippen LogP contribution in [0.25, 0.3) is 10.9 Å². The van der Waals surface area contributed by atoms with Crippen LogP contribution in [-0.2, 0) is 14.8 Å². The fraction of sp³-hybridized carbons (Fsp3) is 0.348. The van der Waals surface area contributed by atoms with Crippen molar-refractivity contribution in [3.05, 3.63) is 58.1 Å². The summed E-state index contributed by atoms with van der Waals surface area (Å²) in [5.74, 6) is 0.220. The van der Waals surface area contributed by atoms with Gasteiger partial charge >= 0.3 is 6.09 Å². The second-order valence-corrected chi connectivity index (χ2v) is 11.2. The van der Waals surface area contributed by atoms with Crippen LogP contribution in [0.2, 0.25) is 0 Å². The van der Waals surface area contributed by atoms with E-state index in [1.54, 1.807) is 39.0 Å². The lowest BCUT2D eigenvalue weighted by Gasteiger charge is -2.23. The topological polar surface area (TPSA) is 121 Å². The van der Waals surface area contributed by atoms with Gasteiger partial charge in [0.15, 0.2) is 5.03 Å². The van der Waals surface area contributed by atoms with Crippen LogP contribution >= 0.6 is 11.6 Å². The van der Waals surface area contributed by atoms with Crippen LogP contribution in [0.1, 0.15) is 32.3 Å². The van der Waals surface area contributed by atoms with Crippen molar-refractivity contribution in [1.82, 2.24) is 4.57 Å². The molecule has 10 nitrogen and oxygen atoms in total. The van der Waals surface area contributed by atoms with Crippen molar-refractivity contribution in [3.63, 3.8) is 0 Å². The third-order valence-electron chi connectivity index (χ3n) is 5.61. The molecule has 1 aliphatic rings. The van der Waals surface area contributed by atoms with Crippen LogP contribution in [0.5, 0.6) is 5.75 Å². The minimum atomic E-state index is -4.38. The number of ether oxygens (including phenoxy) is 2. The number of sulfonamides is 1. The Labute approximate surface area is 207 Å². The smallest absolute Gasteiger partial charge is 0.420 e. The first-order chi connectivity index (χ1) is 16.4. The molecule has 0 amide bonds. The number of non-ortho nitro benzene ring substituents is 1. The van der Waals surface area contributed by atoms with Gasteiger partial charge < -0.3 is 9.47 Å². The number of alkyl halides is 1. The first-order valence-corrected chi connectivity index (χ1v) is 12.6. The average Bonchev–Trinajstić information content (AvgIpc) is 3.36. The SMILES string of the molecule is COc1ccc2c(c1)cc(S(=O)(=O)N1CC(CCl)c3ccc([N+](=O)[O-])cc31)n2C(=O)OC(C)(C)C. The molecule has 186 valence electrons. The maximum absolute atomic E-state index is 14.0. The van der Waals surface area contributed by atoms with Gasteiger partial charge in [-0.15, -0.1) is 11.6 Å². The number of nitrogens with zero attached hydrogens (tertiary/aromatic N) is 3. The number of fused-ring (bicyclic) bond motifs is 2. The zero-order valence-electron chi connectivity index (χ0n) is 19.5. The molecule has 0 spiro atoms. The Morgan fingerprint density at radius 1 is 1.20 bits per heavy atom. The van der Waals surface area contributed by atoms with Crippen molar-refractivity contribution >= 4 is 50.0 Å². The highest BCUT2D eigenvalue weighted by molar-refractivity contribution is 7.92. The van der Waals surface area contributed by atoms with Crippen molar-refractivity contribution in [2.45, 2.75) is 37.3 Å². The molecule has 0 radical (unpaired) electrons. The summed E-state index contributed by atoms with van der Waals surface area (Å²) >= 11 is 6.10. The summed E-state index contributed by atoms with van der Waals surface area (Å²) in [6.45, 7) is 5.00. The number of anilines is 1. The molecular formula is C23H24ClN3O7S. The molecule has 4 rings (SSSR count). The van der Waals surface area contributed by atoms with Gasteiger partial charge in [0.05, 0.1) is 23.2 Å². The van der Waals surface area contributed by atoms with Crippen LogP contribution in [0.3, 0.4) is 0 Å². The molecule has 35 heavy (non-hydrogen) atoms. The number of nitro groups is 1. The maximum Gasteiger partial charge on any atom is 0.420 e. The van der Waals surface area contributed by atoms with Gasteiger partial charge in [0.1, 0.15) is 11.4 Å². The first-order valence-electron chi connectivity index (χ1n) is 10.7. The van der Waals surface area contributed by atoms with Crippen molar-refractivity contribution in [1.29, 1.82) is 0 Å². The average molecular weight is 522 g/mol. The van der Waals surface area contributed by atoms with Crippen LogP contribution in [-0.4, -0.2) is 49.1 Å². The highest BCUT2D eigenvalue weighted by Crippen LogP contribution is 2.43. The number of carbonyl (C=O) groups is 1. The van der Waals surface area contributed by atoms with Crippen molar-refractivity contribution in [3.8, 4) is 5.75 Å². The van der Waals surface area contributed by atoms with Gasteiger partial charge in [-0.2, -0.15) is 8.42 Å². The molecule has 0 saturated carbocycles. The standard InChI is InChI=1S/C23H24ClN3O7S/c1-23(2,3)34-22(28)26-19-8-6-17(33-4)9-14(19)10-21(26)35(31,32)25-13-15(12-24)18-7-5-16(27(29)30)11-20(18)25/h5-11,15H,12-13H2,1-4H3. The number of rotatable bonds is 5. The number of carbonyl (C=O) groups excluding carboxylic acids is 1.